The molecular weight excluding hydrogens is 395 g/mol. The molecule has 0 unspecified atom stereocenters. The fourth-order valence-electron chi connectivity index (χ4n) is 3.22. The van der Waals surface area contributed by atoms with Crippen molar-refractivity contribution in [2.24, 2.45) is 0 Å². The molecule has 2 amide bonds. The third-order valence-corrected chi connectivity index (χ3v) is 6.08. The van der Waals surface area contributed by atoms with Crippen LogP contribution in [0, 0.1) is 5.82 Å². The van der Waals surface area contributed by atoms with Gasteiger partial charge in [0.25, 0.3) is 0 Å². The van der Waals surface area contributed by atoms with Crippen molar-refractivity contribution in [3.8, 4) is 11.5 Å². The van der Waals surface area contributed by atoms with E-state index < -0.39 is 11.3 Å². The van der Waals surface area contributed by atoms with Crippen LogP contribution in [0.1, 0.15) is 12.0 Å². The zero-order valence-corrected chi connectivity index (χ0v) is 16.5. The second-order valence-corrected chi connectivity index (χ2v) is 8.12. The molecule has 2 heterocycles. The Bertz CT molecular complexity index is 923. The molecule has 1 saturated heterocycles. The molecule has 2 aromatic rings. The molecule has 0 aromatic heterocycles. The number of carbonyl (C=O) groups excluding carboxylic acids is 2. The quantitative estimate of drug-likeness (QED) is 0.802. The number of amides is 2. The van der Waals surface area contributed by atoms with E-state index in [4.69, 9.17) is 9.47 Å². The van der Waals surface area contributed by atoms with E-state index in [1.54, 1.807) is 36.4 Å². The van der Waals surface area contributed by atoms with E-state index in [1.165, 1.54) is 17.8 Å². The Morgan fingerprint density at radius 3 is 2.76 bits per heavy atom. The molecule has 152 valence electrons. The van der Waals surface area contributed by atoms with Crippen LogP contribution in [0.15, 0.2) is 42.5 Å². The molecule has 2 aliphatic rings. The molecule has 29 heavy (non-hydrogen) atoms. The van der Waals surface area contributed by atoms with Gasteiger partial charge in [0.15, 0.2) is 11.5 Å². The number of halogens is 1. The zero-order valence-electron chi connectivity index (χ0n) is 15.7. The maximum absolute atomic E-state index is 13.8. The fourth-order valence-corrected chi connectivity index (χ4v) is 4.40. The van der Waals surface area contributed by atoms with Gasteiger partial charge in [-0.2, -0.15) is 0 Å². The molecule has 0 saturated carbocycles. The van der Waals surface area contributed by atoms with Crippen molar-refractivity contribution in [2.75, 3.05) is 24.3 Å². The molecule has 1 fully saturated rings. The lowest BCUT2D eigenvalue weighted by atomic mass is 10.1. The first-order chi connectivity index (χ1) is 14.1. The van der Waals surface area contributed by atoms with Crippen LogP contribution in [0.25, 0.3) is 0 Å². The Morgan fingerprint density at radius 2 is 1.97 bits per heavy atom. The summed E-state index contributed by atoms with van der Waals surface area (Å²) in [4.78, 5) is 25.0. The minimum absolute atomic E-state index is 0.261. The molecule has 0 spiro atoms. The van der Waals surface area contributed by atoms with Gasteiger partial charge in [-0.25, -0.2) is 4.39 Å². The van der Waals surface area contributed by atoms with E-state index in [0.717, 1.165) is 6.42 Å². The third kappa shape index (κ3) is 4.64. The van der Waals surface area contributed by atoms with Gasteiger partial charge in [-0.3, -0.25) is 9.59 Å². The van der Waals surface area contributed by atoms with Crippen molar-refractivity contribution in [2.45, 2.75) is 24.1 Å². The SMILES string of the molecule is O=C(Nc1ccc2c(c1)OCCCO2)[C@H]1CS[C@H](Cc2ccccc2F)C(=O)N1. The lowest BCUT2D eigenvalue weighted by Crippen LogP contribution is -2.52. The van der Waals surface area contributed by atoms with Crippen molar-refractivity contribution in [1.29, 1.82) is 0 Å². The van der Waals surface area contributed by atoms with Gasteiger partial charge in [-0.1, -0.05) is 18.2 Å². The number of nitrogens with one attached hydrogen (secondary N) is 2. The summed E-state index contributed by atoms with van der Waals surface area (Å²) in [5.74, 6) is 0.773. The fraction of sp³-hybridized carbons (Fsp3) is 0.333. The second-order valence-electron chi connectivity index (χ2n) is 6.88. The molecule has 6 nitrogen and oxygen atoms in total. The van der Waals surface area contributed by atoms with Crippen molar-refractivity contribution >= 4 is 29.3 Å². The molecule has 4 rings (SSSR count). The van der Waals surface area contributed by atoms with Crippen LogP contribution < -0.4 is 20.1 Å². The molecule has 2 atom stereocenters. The maximum atomic E-state index is 13.8. The largest absolute Gasteiger partial charge is 0.490 e. The number of hydrogen-bond acceptors (Lipinski definition) is 5. The van der Waals surface area contributed by atoms with Crippen molar-refractivity contribution < 1.29 is 23.5 Å². The highest BCUT2D eigenvalue weighted by atomic mass is 32.2. The van der Waals surface area contributed by atoms with Crippen LogP contribution in [-0.4, -0.2) is 42.1 Å². The van der Waals surface area contributed by atoms with Gasteiger partial charge >= 0.3 is 0 Å². The summed E-state index contributed by atoms with van der Waals surface area (Å²) in [6.45, 7) is 1.15. The summed E-state index contributed by atoms with van der Waals surface area (Å²) in [6, 6.07) is 11.0. The lowest BCUT2D eigenvalue weighted by molar-refractivity contribution is -0.126. The monoisotopic (exact) mass is 416 g/mol. The number of fused-ring (bicyclic) bond motifs is 1. The van der Waals surface area contributed by atoms with Gasteiger partial charge in [-0.15, -0.1) is 11.8 Å². The normalized spacial score (nSPS) is 21.1. The topological polar surface area (TPSA) is 76.7 Å². The highest BCUT2D eigenvalue weighted by Gasteiger charge is 2.33. The average Bonchev–Trinajstić information content (AvgIpc) is 2.96. The van der Waals surface area contributed by atoms with E-state index in [0.29, 0.717) is 48.1 Å². The minimum atomic E-state index is -0.652. The summed E-state index contributed by atoms with van der Waals surface area (Å²) >= 11 is 1.36. The lowest BCUT2D eigenvalue weighted by Gasteiger charge is -2.28. The van der Waals surface area contributed by atoms with Gasteiger partial charge in [0.2, 0.25) is 11.8 Å². The Morgan fingerprint density at radius 1 is 1.17 bits per heavy atom. The van der Waals surface area contributed by atoms with Gasteiger partial charge in [0.05, 0.1) is 18.5 Å². The first-order valence-corrected chi connectivity index (χ1v) is 10.5. The average molecular weight is 416 g/mol. The first kappa shape index (κ1) is 19.6. The molecule has 0 aliphatic carbocycles. The minimum Gasteiger partial charge on any atom is -0.490 e. The zero-order chi connectivity index (χ0) is 20.2. The van der Waals surface area contributed by atoms with Gasteiger partial charge in [0.1, 0.15) is 11.9 Å². The summed E-state index contributed by atoms with van der Waals surface area (Å²) < 4.78 is 25.1. The third-order valence-electron chi connectivity index (χ3n) is 4.77. The van der Waals surface area contributed by atoms with Crippen LogP contribution >= 0.6 is 11.8 Å². The molecule has 0 radical (unpaired) electrons. The van der Waals surface area contributed by atoms with Crippen molar-refractivity contribution in [3.05, 3.63) is 53.8 Å². The molecule has 2 N–H and O–H groups in total. The van der Waals surface area contributed by atoms with Crippen molar-refractivity contribution in [1.82, 2.24) is 5.32 Å². The van der Waals surface area contributed by atoms with E-state index in [2.05, 4.69) is 10.6 Å². The molecule has 2 aliphatic heterocycles. The summed E-state index contributed by atoms with van der Waals surface area (Å²) in [5.41, 5.74) is 1.07. The van der Waals surface area contributed by atoms with Crippen LogP contribution in [0.2, 0.25) is 0 Å². The smallest absolute Gasteiger partial charge is 0.247 e. The number of hydrogen-bond donors (Lipinski definition) is 2. The summed E-state index contributed by atoms with van der Waals surface area (Å²) in [5, 5.41) is 5.14. The van der Waals surface area contributed by atoms with E-state index >= 15 is 0 Å². The maximum Gasteiger partial charge on any atom is 0.247 e. The number of thioether (sulfide) groups is 1. The molecule has 8 heteroatoms. The van der Waals surface area contributed by atoms with Gasteiger partial charge in [0, 0.05) is 23.9 Å². The van der Waals surface area contributed by atoms with Gasteiger partial charge in [-0.05, 0) is 30.2 Å². The van der Waals surface area contributed by atoms with E-state index in [-0.39, 0.29) is 17.6 Å². The highest BCUT2D eigenvalue weighted by Crippen LogP contribution is 2.32. The van der Waals surface area contributed by atoms with Crippen LogP contribution in [0.5, 0.6) is 11.5 Å². The standard InChI is InChI=1S/C21H21FN2O4S/c22-15-5-2-1-4-13(15)10-19-21(26)24-16(12-29-19)20(25)23-14-6-7-17-18(11-14)28-9-3-8-27-17/h1-2,4-7,11,16,19H,3,8-10,12H2,(H,23,25)(H,24,26)/t16-,19-/m1/s1. The molecule has 0 bridgehead atoms. The molecular formula is C21H21FN2O4S. The van der Waals surface area contributed by atoms with Crippen LogP contribution in [-0.2, 0) is 16.0 Å². The number of benzene rings is 2. The predicted molar refractivity (Wildman–Crippen MR) is 109 cm³/mol. The number of anilines is 1. The number of rotatable bonds is 4. The van der Waals surface area contributed by atoms with Crippen molar-refractivity contribution in [3.63, 3.8) is 0 Å². The Hall–Kier alpha value is -2.74. The van der Waals surface area contributed by atoms with E-state index in [1.807, 2.05) is 0 Å². The Labute approximate surface area is 172 Å². The second kappa shape index (κ2) is 8.73. The Balaban J connectivity index is 1.35. The van der Waals surface area contributed by atoms with Crippen LogP contribution in [0.4, 0.5) is 10.1 Å². The predicted octanol–water partition coefficient (Wildman–Crippen LogP) is 2.77. The number of carbonyl (C=O) groups is 2. The summed E-state index contributed by atoms with van der Waals surface area (Å²) in [6.07, 6.45) is 1.09. The van der Waals surface area contributed by atoms with E-state index in [9.17, 15) is 14.0 Å². The molecule has 2 aromatic carbocycles. The highest BCUT2D eigenvalue weighted by molar-refractivity contribution is 8.00. The summed E-state index contributed by atoms with van der Waals surface area (Å²) in [7, 11) is 0. The van der Waals surface area contributed by atoms with Gasteiger partial charge < -0.3 is 20.1 Å². The number of ether oxygens (including phenoxy) is 2. The van der Waals surface area contributed by atoms with Crippen LogP contribution in [0.3, 0.4) is 0 Å². The first-order valence-electron chi connectivity index (χ1n) is 9.46. The Kier molecular flexibility index (Phi) is 5.89.